The van der Waals surface area contributed by atoms with Crippen molar-refractivity contribution in [2.24, 2.45) is 47.3 Å². The van der Waals surface area contributed by atoms with E-state index in [9.17, 15) is 55.9 Å². The SMILES string of the molecule is CCCC1(O)C(O)C(C)C/C=C/C=C/C(CC(C)O)CCC2OC3(CCC(C)C(C(C)C(O)CC)O3)C(C)C(OC(=O)/C=C(\C)C(C)C(O)C(C)C(O)C(O)C(O)C(O)C1O)C2C. The molecular weight excluding hydrogens is 813 g/mol. The smallest absolute Gasteiger partial charge is 0.330 e. The molecule has 3 heterocycles. The average molecular weight is 899 g/mol. The zero-order chi connectivity index (χ0) is 47.7. The first-order valence-electron chi connectivity index (χ1n) is 23.8. The van der Waals surface area contributed by atoms with E-state index in [-0.39, 0.29) is 49.0 Å². The van der Waals surface area contributed by atoms with Crippen LogP contribution in [0.4, 0.5) is 0 Å². The van der Waals surface area contributed by atoms with Crippen molar-refractivity contribution >= 4 is 5.97 Å². The number of ether oxygens (including phenoxy) is 3. The molecule has 2 fully saturated rings. The Morgan fingerprint density at radius 1 is 0.778 bits per heavy atom. The molecule has 14 nitrogen and oxygen atoms in total. The van der Waals surface area contributed by atoms with Crippen LogP contribution in [0.5, 0.6) is 0 Å². The lowest BCUT2D eigenvalue weighted by Crippen LogP contribution is -2.63. The summed E-state index contributed by atoms with van der Waals surface area (Å²) in [5.74, 6) is -5.10. The highest BCUT2D eigenvalue weighted by Crippen LogP contribution is 2.50. The van der Waals surface area contributed by atoms with E-state index in [0.717, 1.165) is 6.42 Å². The maximum absolute atomic E-state index is 13.9. The van der Waals surface area contributed by atoms with Gasteiger partial charge in [-0.1, -0.05) is 98.6 Å². The van der Waals surface area contributed by atoms with Crippen molar-refractivity contribution in [3.63, 3.8) is 0 Å². The lowest BCUT2D eigenvalue weighted by molar-refractivity contribution is -0.376. The third kappa shape index (κ3) is 13.4. The van der Waals surface area contributed by atoms with Crippen LogP contribution in [0, 0.1) is 47.3 Å². The van der Waals surface area contributed by atoms with E-state index in [1.807, 2.05) is 39.8 Å². The number of aliphatic hydroxyl groups excluding tert-OH is 9. The lowest BCUT2D eigenvalue weighted by Gasteiger charge is -2.56. The van der Waals surface area contributed by atoms with Crippen LogP contribution in [0.15, 0.2) is 36.0 Å². The largest absolute Gasteiger partial charge is 0.458 e. The van der Waals surface area contributed by atoms with Gasteiger partial charge in [-0.25, -0.2) is 4.79 Å². The summed E-state index contributed by atoms with van der Waals surface area (Å²) < 4.78 is 20.4. The number of rotatable bonds is 7. The van der Waals surface area contributed by atoms with Gasteiger partial charge < -0.3 is 65.3 Å². The second kappa shape index (κ2) is 24.3. The molecule has 2 saturated heterocycles. The maximum Gasteiger partial charge on any atom is 0.330 e. The molecule has 0 saturated carbocycles. The Bertz CT molecular complexity index is 1490. The molecule has 3 rings (SSSR count). The Hall–Kier alpha value is -1.79. The maximum atomic E-state index is 13.9. The fourth-order valence-electron chi connectivity index (χ4n) is 10.4. The molecule has 22 unspecified atom stereocenters. The van der Waals surface area contributed by atoms with Gasteiger partial charge in [-0.05, 0) is 76.5 Å². The number of aliphatic hydroxyl groups is 10. The fraction of sp³-hybridized carbons (Fsp3) is 0.857. The number of carbonyl (C=O) groups is 1. The Morgan fingerprint density at radius 3 is 2.02 bits per heavy atom. The first kappa shape index (κ1) is 55.5. The topological polar surface area (TPSA) is 247 Å². The van der Waals surface area contributed by atoms with Gasteiger partial charge in [0.1, 0.15) is 36.1 Å². The highest BCUT2D eigenvalue weighted by atomic mass is 16.7. The molecule has 0 amide bonds. The van der Waals surface area contributed by atoms with Crippen LogP contribution in [0.1, 0.15) is 134 Å². The highest BCUT2D eigenvalue weighted by molar-refractivity contribution is 5.83. The quantitative estimate of drug-likeness (QED) is 0.162. The van der Waals surface area contributed by atoms with Gasteiger partial charge in [0.2, 0.25) is 0 Å². The van der Waals surface area contributed by atoms with Crippen LogP contribution < -0.4 is 0 Å². The van der Waals surface area contributed by atoms with Crippen LogP contribution >= 0.6 is 0 Å². The lowest BCUT2D eigenvalue weighted by atomic mass is 9.73. The van der Waals surface area contributed by atoms with Gasteiger partial charge in [-0.3, -0.25) is 0 Å². The van der Waals surface area contributed by atoms with Gasteiger partial charge in [0.25, 0.3) is 0 Å². The normalized spacial score (nSPS) is 46.8. The van der Waals surface area contributed by atoms with Crippen molar-refractivity contribution in [3.05, 3.63) is 36.0 Å². The van der Waals surface area contributed by atoms with Crippen LogP contribution in [-0.4, -0.2) is 142 Å². The number of esters is 1. The zero-order valence-electron chi connectivity index (χ0n) is 39.9. The number of carbonyl (C=O) groups excluding carboxylic acids is 1. The third-order valence-corrected chi connectivity index (χ3v) is 15.1. The molecule has 0 aromatic rings. The molecule has 3 aliphatic heterocycles. The Balaban J connectivity index is 2.10. The summed E-state index contributed by atoms with van der Waals surface area (Å²) in [6.45, 7) is 19.8. The summed E-state index contributed by atoms with van der Waals surface area (Å²) in [4.78, 5) is 13.9. The Labute approximate surface area is 377 Å². The molecule has 0 aromatic carbocycles. The standard InChI is InChI=1S/C49H86O14/c1-12-22-48(60)46(58)27(4)17-15-14-16-18-35(25-29(6)50)19-20-37-32(9)45(34(11)49(62-37)23-21-26(3)44(63-49)31(8)36(51)13-2)61-38(52)24-28(5)30(7)39(53)33(10)40(54)41(55)42(56)43(57)47(48)59/h14-16,18,24,26-27,29-37,39-47,50-51,53-60H,12-13,17,19-23,25H2,1-11H3/b15-14+,18-16+,28-24+. The van der Waals surface area contributed by atoms with Crippen molar-refractivity contribution in [3.8, 4) is 0 Å². The molecule has 10 N–H and O–H groups in total. The number of hydrogen-bond acceptors (Lipinski definition) is 14. The van der Waals surface area contributed by atoms with Crippen molar-refractivity contribution in [2.45, 2.75) is 219 Å². The van der Waals surface area contributed by atoms with Crippen LogP contribution in [0.2, 0.25) is 0 Å². The van der Waals surface area contributed by atoms with Crippen LogP contribution in [0.3, 0.4) is 0 Å². The molecule has 0 aliphatic carbocycles. The van der Waals surface area contributed by atoms with Crippen LogP contribution in [-0.2, 0) is 19.0 Å². The van der Waals surface area contributed by atoms with Crippen molar-refractivity contribution in [1.29, 1.82) is 0 Å². The molecular formula is C49H86O14. The van der Waals surface area contributed by atoms with Crippen molar-refractivity contribution in [2.75, 3.05) is 0 Å². The summed E-state index contributed by atoms with van der Waals surface area (Å²) >= 11 is 0. The number of allylic oxidation sites excluding steroid dienone is 4. The van der Waals surface area contributed by atoms with E-state index >= 15 is 0 Å². The van der Waals surface area contributed by atoms with Gasteiger partial charge in [0, 0.05) is 42.1 Å². The molecule has 14 heteroatoms. The minimum atomic E-state index is -2.31. The van der Waals surface area contributed by atoms with E-state index < -0.39 is 108 Å². The first-order chi connectivity index (χ1) is 29.4. The van der Waals surface area contributed by atoms with E-state index in [1.54, 1.807) is 46.8 Å². The van der Waals surface area contributed by atoms with Gasteiger partial charge >= 0.3 is 5.97 Å². The fourth-order valence-corrected chi connectivity index (χ4v) is 10.4. The summed E-state index contributed by atoms with van der Waals surface area (Å²) in [5.41, 5.74) is -1.89. The molecule has 2 bridgehead atoms. The predicted octanol–water partition coefficient (Wildman–Crippen LogP) is 4.08. The molecule has 3 aliphatic rings. The van der Waals surface area contributed by atoms with Crippen molar-refractivity contribution in [1.82, 2.24) is 0 Å². The average Bonchev–Trinajstić information content (AvgIpc) is 3.25. The van der Waals surface area contributed by atoms with Gasteiger partial charge in [0.15, 0.2) is 5.79 Å². The minimum Gasteiger partial charge on any atom is -0.458 e. The summed E-state index contributed by atoms with van der Waals surface area (Å²) in [7, 11) is 0. The summed E-state index contributed by atoms with van der Waals surface area (Å²) in [6, 6.07) is 0. The monoisotopic (exact) mass is 899 g/mol. The minimum absolute atomic E-state index is 0.0736. The highest BCUT2D eigenvalue weighted by Gasteiger charge is 2.57. The van der Waals surface area contributed by atoms with Crippen molar-refractivity contribution < 1.29 is 70.1 Å². The van der Waals surface area contributed by atoms with Crippen LogP contribution in [0.25, 0.3) is 0 Å². The number of fused-ring (bicyclic) bond motifs is 2. The molecule has 22 atom stereocenters. The molecule has 0 aromatic heterocycles. The second-order valence-corrected chi connectivity index (χ2v) is 20.0. The second-order valence-electron chi connectivity index (χ2n) is 20.0. The first-order valence-corrected chi connectivity index (χ1v) is 23.8. The summed E-state index contributed by atoms with van der Waals surface area (Å²) in [5, 5.41) is 112. The van der Waals surface area contributed by atoms with Gasteiger partial charge in [-0.15, -0.1) is 0 Å². The van der Waals surface area contributed by atoms with E-state index in [0.29, 0.717) is 37.7 Å². The van der Waals surface area contributed by atoms with E-state index in [1.165, 1.54) is 13.0 Å². The number of hydrogen-bond donors (Lipinski definition) is 10. The molecule has 63 heavy (non-hydrogen) atoms. The predicted molar refractivity (Wildman–Crippen MR) is 240 cm³/mol. The summed E-state index contributed by atoms with van der Waals surface area (Å²) in [6.07, 6.45) is -3.28. The third-order valence-electron chi connectivity index (χ3n) is 15.1. The van der Waals surface area contributed by atoms with Gasteiger partial charge in [-0.2, -0.15) is 0 Å². The Morgan fingerprint density at radius 2 is 1.41 bits per heavy atom. The van der Waals surface area contributed by atoms with E-state index in [2.05, 4.69) is 6.92 Å². The zero-order valence-corrected chi connectivity index (χ0v) is 39.9. The van der Waals surface area contributed by atoms with Gasteiger partial charge in [0.05, 0.1) is 42.7 Å². The van der Waals surface area contributed by atoms with E-state index in [4.69, 9.17) is 14.2 Å². The molecule has 1 spiro atoms. The Kier molecular flexibility index (Phi) is 21.4. The molecule has 0 radical (unpaired) electrons. The molecule has 366 valence electrons.